The maximum Gasteiger partial charge on any atom is 0.356 e. The van der Waals surface area contributed by atoms with Gasteiger partial charge in [0.2, 0.25) is 0 Å². The number of nitrogens with zero attached hydrogens (tertiary/aromatic N) is 5. The van der Waals surface area contributed by atoms with Crippen molar-refractivity contribution in [3.05, 3.63) is 54.7 Å². The van der Waals surface area contributed by atoms with Crippen LogP contribution in [0.4, 0.5) is 17.2 Å². The van der Waals surface area contributed by atoms with Crippen molar-refractivity contribution >= 4 is 39.7 Å². The van der Waals surface area contributed by atoms with Gasteiger partial charge >= 0.3 is 5.97 Å². The molecule has 2 N–H and O–H groups in total. The molecule has 0 radical (unpaired) electrons. The van der Waals surface area contributed by atoms with Crippen LogP contribution < -0.4 is 10.2 Å². The number of hydrogen-bond acceptors (Lipinski definition) is 6. The third-order valence-electron chi connectivity index (χ3n) is 4.09. The average Bonchev–Trinajstić information content (AvgIpc) is 3.08. The van der Waals surface area contributed by atoms with E-state index < -0.39 is 5.97 Å². The number of carboxylic acids is 1. The van der Waals surface area contributed by atoms with Crippen LogP contribution in [0.15, 0.2) is 49.1 Å². The number of nitrogens with one attached hydrogen (secondary N) is 1. The van der Waals surface area contributed by atoms with E-state index in [2.05, 4.69) is 20.3 Å². The number of aromatic carboxylic acids is 1. The first kappa shape index (κ1) is 15.8. The molecule has 0 aliphatic rings. The molecule has 0 aliphatic heterocycles. The smallest absolute Gasteiger partial charge is 0.356 e. The Bertz CT molecular complexity index is 1140. The molecule has 130 valence electrons. The molecule has 26 heavy (non-hydrogen) atoms. The second kappa shape index (κ2) is 5.99. The maximum absolute atomic E-state index is 11.6. The van der Waals surface area contributed by atoms with Gasteiger partial charge in [-0.3, -0.25) is 9.38 Å². The van der Waals surface area contributed by atoms with Gasteiger partial charge in [0.1, 0.15) is 11.8 Å². The second-order valence-corrected chi connectivity index (χ2v) is 6.01. The number of fused-ring (bicyclic) bond motifs is 3. The highest BCUT2D eigenvalue weighted by atomic mass is 16.4. The summed E-state index contributed by atoms with van der Waals surface area (Å²) in [5, 5.41) is 12.7. The van der Waals surface area contributed by atoms with Crippen LogP contribution in [0.2, 0.25) is 0 Å². The van der Waals surface area contributed by atoms with Crippen LogP contribution in [0.5, 0.6) is 0 Å². The Morgan fingerprint density at radius 2 is 2.12 bits per heavy atom. The SMILES string of the molecule is CN(C)c1cccc(Nc2nc3ccncc3n3cnc(C(=O)O)c23)c1. The molecular formula is C18H16N6O2. The zero-order valence-corrected chi connectivity index (χ0v) is 14.2. The van der Waals surface area contributed by atoms with Gasteiger partial charge in [-0.25, -0.2) is 14.8 Å². The van der Waals surface area contributed by atoms with Gasteiger partial charge in [-0.05, 0) is 24.3 Å². The summed E-state index contributed by atoms with van der Waals surface area (Å²) in [4.78, 5) is 26.3. The molecule has 0 aliphatic carbocycles. The van der Waals surface area contributed by atoms with Crippen molar-refractivity contribution in [1.29, 1.82) is 0 Å². The van der Waals surface area contributed by atoms with E-state index >= 15 is 0 Å². The first-order chi connectivity index (χ1) is 12.5. The molecule has 3 heterocycles. The third-order valence-corrected chi connectivity index (χ3v) is 4.09. The fraction of sp³-hybridized carbons (Fsp3) is 0.111. The number of carbonyl (C=O) groups is 1. The Morgan fingerprint density at radius 1 is 1.27 bits per heavy atom. The molecule has 0 amide bonds. The number of rotatable bonds is 4. The number of benzene rings is 1. The number of anilines is 3. The molecule has 0 atom stereocenters. The van der Waals surface area contributed by atoms with E-state index in [1.54, 1.807) is 22.9 Å². The Balaban J connectivity index is 1.94. The number of aromatic nitrogens is 4. The van der Waals surface area contributed by atoms with Crippen molar-refractivity contribution < 1.29 is 9.90 Å². The molecule has 0 saturated carbocycles. The molecule has 4 aromatic rings. The van der Waals surface area contributed by atoms with Crippen LogP contribution in [0, 0.1) is 0 Å². The van der Waals surface area contributed by atoms with Crippen molar-refractivity contribution in [2.45, 2.75) is 0 Å². The number of imidazole rings is 1. The highest BCUT2D eigenvalue weighted by Crippen LogP contribution is 2.28. The van der Waals surface area contributed by atoms with Crippen LogP contribution in [-0.2, 0) is 0 Å². The van der Waals surface area contributed by atoms with Crippen LogP contribution in [0.3, 0.4) is 0 Å². The van der Waals surface area contributed by atoms with E-state index in [1.807, 2.05) is 43.3 Å². The maximum atomic E-state index is 11.6. The average molecular weight is 348 g/mol. The van der Waals surface area contributed by atoms with Gasteiger partial charge in [-0.15, -0.1) is 0 Å². The fourth-order valence-corrected chi connectivity index (χ4v) is 2.83. The first-order valence-corrected chi connectivity index (χ1v) is 7.93. The lowest BCUT2D eigenvalue weighted by Gasteiger charge is -2.15. The summed E-state index contributed by atoms with van der Waals surface area (Å²) in [6.07, 6.45) is 4.76. The highest BCUT2D eigenvalue weighted by Gasteiger charge is 2.19. The summed E-state index contributed by atoms with van der Waals surface area (Å²) in [5.74, 6) is -0.683. The van der Waals surface area contributed by atoms with Gasteiger partial charge in [0.05, 0.1) is 17.2 Å². The zero-order chi connectivity index (χ0) is 18.3. The van der Waals surface area contributed by atoms with E-state index in [-0.39, 0.29) is 5.69 Å². The summed E-state index contributed by atoms with van der Waals surface area (Å²) in [7, 11) is 3.91. The minimum absolute atomic E-state index is 0.0606. The van der Waals surface area contributed by atoms with E-state index in [1.165, 1.54) is 6.33 Å². The zero-order valence-electron chi connectivity index (χ0n) is 14.2. The predicted molar refractivity (Wildman–Crippen MR) is 99.3 cm³/mol. The molecule has 0 fully saturated rings. The monoisotopic (exact) mass is 348 g/mol. The molecule has 0 unspecified atom stereocenters. The number of carboxylic acid groups (broad SMARTS) is 1. The molecule has 0 saturated heterocycles. The number of pyridine rings is 1. The Morgan fingerprint density at radius 3 is 2.88 bits per heavy atom. The van der Waals surface area contributed by atoms with Gasteiger partial charge in [0.15, 0.2) is 11.5 Å². The molecular weight excluding hydrogens is 332 g/mol. The predicted octanol–water partition coefficient (Wildman–Crippen LogP) is 2.79. The lowest BCUT2D eigenvalue weighted by molar-refractivity contribution is 0.0693. The van der Waals surface area contributed by atoms with E-state index in [0.29, 0.717) is 22.4 Å². The first-order valence-electron chi connectivity index (χ1n) is 7.93. The van der Waals surface area contributed by atoms with Crippen molar-refractivity contribution in [2.24, 2.45) is 0 Å². The van der Waals surface area contributed by atoms with Gasteiger partial charge < -0.3 is 15.3 Å². The van der Waals surface area contributed by atoms with E-state index in [4.69, 9.17) is 0 Å². The van der Waals surface area contributed by atoms with Crippen LogP contribution in [0.1, 0.15) is 10.5 Å². The Labute approximate surface area is 148 Å². The fourth-order valence-electron chi connectivity index (χ4n) is 2.83. The molecule has 8 nitrogen and oxygen atoms in total. The highest BCUT2D eigenvalue weighted by molar-refractivity contribution is 6.00. The quantitative estimate of drug-likeness (QED) is 0.585. The van der Waals surface area contributed by atoms with Crippen molar-refractivity contribution in [1.82, 2.24) is 19.4 Å². The normalized spacial score (nSPS) is 11.0. The van der Waals surface area contributed by atoms with Gasteiger partial charge in [-0.1, -0.05) is 6.07 Å². The van der Waals surface area contributed by atoms with Crippen molar-refractivity contribution in [2.75, 3.05) is 24.3 Å². The van der Waals surface area contributed by atoms with Crippen molar-refractivity contribution in [3.8, 4) is 0 Å². The molecule has 4 rings (SSSR count). The van der Waals surface area contributed by atoms with Crippen LogP contribution in [0.25, 0.3) is 16.6 Å². The molecule has 0 bridgehead atoms. The summed E-state index contributed by atoms with van der Waals surface area (Å²) in [5.41, 5.74) is 3.53. The topological polar surface area (TPSA) is 95.6 Å². The Kier molecular flexibility index (Phi) is 3.65. The van der Waals surface area contributed by atoms with Crippen molar-refractivity contribution in [3.63, 3.8) is 0 Å². The van der Waals surface area contributed by atoms with Crippen LogP contribution in [-0.4, -0.2) is 44.5 Å². The summed E-state index contributed by atoms with van der Waals surface area (Å²) < 4.78 is 1.69. The van der Waals surface area contributed by atoms with E-state index in [0.717, 1.165) is 11.4 Å². The number of hydrogen-bond donors (Lipinski definition) is 2. The summed E-state index contributed by atoms with van der Waals surface area (Å²) in [6.45, 7) is 0. The van der Waals surface area contributed by atoms with E-state index in [9.17, 15) is 9.90 Å². The van der Waals surface area contributed by atoms with Gasteiger partial charge in [0, 0.05) is 31.7 Å². The lowest BCUT2D eigenvalue weighted by atomic mass is 10.2. The molecule has 3 aromatic heterocycles. The minimum atomic E-state index is -1.11. The minimum Gasteiger partial charge on any atom is -0.476 e. The largest absolute Gasteiger partial charge is 0.476 e. The van der Waals surface area contributed by atoms with Gasteiger partial charge in [-0.2, -0.15) is 0 Å². The summed E-state index contributed by atoms with van der Waals surface area (Å²) >= 11 is 0. The Hall–Kier alpha value is -3.68. The lowest BCUT2D eigenvalue weighted by Crippen LogP contribution is -2.09. The van der Waals surface area contributed by atoms with Gasteiger partial charge in [0.25, 0.3) is 0 Å². The second-order valence-electron chi connectivity index (χ2n) is 6.01. The third kappa shape index (κ3) is 2.57. The standard InChI is InChI=1S/C18H16N6O2/c1-23(2)12-5-3-4-11(8-12)21-17-16-15(18(25)26)20-10-24(16)14-9-19-7-6-13(14)22-17/h3-10H,1-2H3,(H,21,22)(H,25,26). The molecule has 1 aromatic carbocycles. The van der Waals surface area contributed by atoms with Crippen LogP contribution >= 0.6 is 0 Å². The summed E-state index contributed by atoms with van der Waals surface area (Å²) in [6, 6.07) is 9.55. The molecule has 8 heteroatoms. The molecule has 0 spiro atoms.